The van der Waals surface area contributed by atoms with E-state index in [4.69, 9.17) is 16.0 Å². The molecular weight excluding hydrogens is 312 g/mol. The van der Waals surface area contributed by atoms with Gasteiger partial charge in [-0.1, -0.05) is 24.3 Å². The Morgan fingerprint density at radius 3 is 2.87 bits per heavy atom. The van der Waals surface area contributed by atoms with E-state index in [0.29, 0.717) is 12.4 Å². The van der Waals surface area contributed by atoms with Gasteiger partial charge in [-0.15, -0.1) is 11.6 Å². The van der Waals surface area contributed by atoms with Crippen molar-refractivity contribution in [3.05, 3.63) is 52.7 Å². The Morgan fingerprint density at radius 1 is 1.39 bits per heavy atom. The van der Waals surface area contributed by atoms with Gasteiger partial charge in [0.15, 0.2) is 0 Å². The molecule has 1 atom stereocenters. The standard InChI is InChI=1S/C18H21ClN2O2/c1-12-13(2)23-17(20-12)11-21(18(22)10-19)16-9-5-7-14-6-3-4-8-15(14)16/h3-4,6,8,16H,5,7,9-11H2,1-2H3. The molecule has 1 heterocycles. The zero-order valence-corrected chi connectivity index (χ0v) is 14.3. The maximum atomic E-state index is 12.4. The molecule has 5 heteroatoms. The minimum Gasteiger partial charge on any atom is -0.444 e. The number of rotatable bonds is 4. The molecule has 1 unspecified atom stereocenters. The number of carbonyl (C=O) groups excluding carboxylic acids is 1. The highest BCUT2D eigenvalue weighted by atomic mass is 35.5. The molecule has 122 valence electrons. The smallest absolute Gasteiger partial charge is 0.238 e. The van der Waals surface area contributed by atoms with Crippen molar-refractivity contribution in [2.75, 3.05) is 5.88 Å². The van der Waals surface area contributed by atoms with Crippen LogP contribution in [-0.4, -0.2) is 21.7 Å². The number of alkyl halides is 1. The molecule has 0 saturated heterocycles. The quantitative estimate of drug-likeness (QED) is 0.797. The molecular formula is C18H21ClN2O2. The summed E-state index contributed by atoms with van der Waals surface area (Å²) in [4.78, 5) is 18.7. The highest BCUT2D eigenvalue weighted by Gasteiger charge is 2.30. The van der Waals surface area contributed by atoms with Crippen molar-refractivity contribution < 1.29 is 9.21 Å². The summed E-state index contributed by atoms with van der Waals surface area (Å²) in [5.41, 5.74) is 3.40. The molecule has 1 aliphatic carbocycles. The van der Waals surface area contributed by atoms with Crippen LogP contribution in [0.1, 0.15) is 47.4 Å². The number of oxazole rings is 1. The number of benzene rings is 1. The third kappa shape index (κ3) is 3.27. The first-order valence-electron chi connectivity index (χ1n) is 7.96. The third-order valence-corrected chi connectivity index (χ3v) is 4.76. The Hall–Kier alpha value is -1.81. The summed E-state index contributed by atoms with van der Waals surface area (Å²) in [6.07, 6.45) is 3.07. The third-order valence-electron chi connectivity index (χ3n) is 4.53. The summed E-state index contributed by atoms with van der Waals surface area (Å²) >= 11 is 5.85. The highest BCUT2D eigenvalue weighted by molar-refractivity contribution is 6.27. The van der Waals surface area contributed by atoms with Gasteiger partial charge < -0.3 is 9.32 Å². The largest absolute Gasteiger partial charge is 0.444 e. The first kappa shape index (κ1) is 16.1. The molecule has 4 nitrogen and oxygen atoms in total. The second-order valence-corrected chi connectivity index (χ2v) is 6.28. The second-order valence-electron chi connectivity index (χ2n) is 6.01. The molecule has 3 rings (SSSR count). The number of halogens is 1. The van der Waals surface area contributed by atoms with Crippen LogP contribution in [0.4, 0.5) is 0 Å². The molecule has 1 aliphatic rings. The van der Waals surface area contributed by atoms with E-state index in [1.54, 1.807) is 0 Å². The van der Waals surface area contributed by atoms with Gasteiger partial charge in [-0.05, 0) is 44.2 Å². The van der Waals surface area contributed by atoms with E-state index in [1.165, 1.54) is 11.1 Å². The molecule has 2 aromatic rings. The average molecular weight is 333 g/mol. The Labute approximate surface area is 141 Å². The van der Waals surface area contributed by atoms with E-state index in [1.807, 2.05) is 24.8 Å². The van der Waals surface area contributed by atoms with Crippen molar-refractivity contribution in [1.29, 1.82) is 0 Å². The van der Waals surface area contributed by atoms with Crippen LogP contribution in [0.5, 0.6) is 0 Å². The van der Waals surface area contributed by atoms with Crippen LogP contribution in [0.2, 0.25) is 0 Å². The number of fused-ring (bicyclic) bond motifs is 1. The van der Waals surface area contributed by atoms with Gasteiger partial charge in [0.1, 0.15) is 11.6 Å². The first-order valence-corrected chi connectivity index (χ1v) is 8.49. The summed E-state index contributed by atoms with van der Waals surface area (Å²) in [5, 5.41) is 0. The molecule has 0 radical (unpaired) electrons. The van der Waals surface area contributed by atoms with E-state index >= 15 is 0 Å². The fraction of sp³-hybridized carbons (Fsp3) is 0.444. The topological polar surface area (TPSA) is 46.3 Å². The fourth-order valence-electron chi connectivity index (χ4n) is 3.25. The minimum absolute atomic E-state index is 0.0304. The van der Waals surface area contributed by atoms with Crippen LogP contribution < -0.4 is 0 Å². The van der Waals surface area contributed by atoms with E-state index < -0.39 is 0 Å². The van der Waals surface area contributed by atoms with Crippen LogP contribution in [0, 0.1) is 13.8 Å². The van der Waals surface area contributed by atoms with Gasteiger partial charge in [0, 0.05) is 0 Å². The van der Waals surface area contributed by atoms with Crippen molar-refractivity contribution in [2.45, 2.75) is 45.7 Å². The second kappa shape index (κ2) is 6.75. The van der Waals surface area contributed by atoms with Crippen molar-refractivity contribution >= 4 is 17.5 Å². The maximum absolute atomic E-state index is 12.4. The number of aromatic nitrogens is 1. The van der Waals surface area contributed by atoms with Gasteiger partial charge in [0.25, 0.3) is 0 Å². The van der Waals surface area contributed by atoms with Gasteiger partial charge >= 0.3 is 0 Å². The van der Waals surface area contributed by atoms with Crippen molar-refractivity contribution in [2.24, 2.45) is 0 Å². The molecule has 1 amide bonds. The van der Waals surface area contributed by atoms with Gasteiger partial charge in [-0.3, -0.25) is 4.79 Å². The fourth-order valence-corrected chi connectivity index (χ4v) is 3.41. The van der Waals surface area contributed by atoms with Crippen LogP contribution in [0.25, 0.3) is 0 Å². The molecule has 0 spiro atoms. The van der Waals surface area contributed by atoms with Gasteiger partial charge in [-0.2, -0.15) is 0 Å². The Bertz CT molecular complexity index is 691. The highest BCUT2D eigenvalue weighted by Crippen LogP contribution is 2.35. The molecule has 1 aromatic carbocycles. The number of nitrogens with zero attached hydrogens (tertiary/aromatic N) is 2. The normalized spacial score (nSPS) is 16.9. The maximum Gasteiger partial charge on any atom is 0.238 e. The Balaban J connectivity index is 1.92. The van der Waals surface area contributed by atoms with E-state index in [0.717, 1.165) is 30.7 Å². The van der Waals surface area contributed by atoms with E-state index in [9.17, 15) is 4.79 Å². The molecule has 0 saturated carbocycles. The molecule has 23 heavy (non-hydrogen) atoms. The van der Waals surface area contributed by atoms with E-state index in [-0.39, 0.29) is 17.8 Å². The lowest BCUT2D eigenvalue weighted by molar-refractivity contribution is -0.132. The van der Waals surface area contributed by atoms with Gasteiger partial charge in [0.05, 0.1) is 18.3 Å². The molecule has 0 aliphatic heterocycles. The molecule has 0 fully saturated rings. The number of amides is 1. The van der Waals surface area contributed by atoms with Gasteiger partial charge in [0.2, 0.25) is 11.8 Å². The summed E-state index contributed by atoms with van der Waals surface area (Å²) in [6, 6.07) is 8.37. The molecule has 0 bridgehead atoms. The average Bonchev–Trinajstić information content (AvgIpc) is 2.89. The monoisotopic (exact) mass is 332 g/mol. The number of aryl methyl sites for hydroxylation is 3. The zero-order chi connectivity index (χ0) is 16.4. The van der Waals surface area contributed by atoms with Crippen molar-refractivity contribution in [3.8, 4) is 0 Å². The Morgan fingerprint density at radius 2 is 2.17 bits per heavy atom. The summed E-state index contributed by atoms with van der Waals surface area (Å²) in [6.45, 7) is 4.15. The molecule has 0 N–H and O–H groups in total. The number of hydrogen-bond donors (Lipinski definition) is 0. The molecule has 1 aromatic heterocycles. The van der Waals surface area contributed by atoms with Crippen LogP contribution >= 0.6 is 11.6 Å². The SMILES string of the molecule is Cc1nc(CN(C(=O)CCl)C2CCCc3ccccc32)oc1C. The first-order chi connectivity index (χ1) is 11.1. The summed E-state index contributed by atoms with van der Waals surface area (Å²) in [7, 11) is 0. The summed E-state index contributed by atoms with van der Waals surface area (Å²) < 4.78 is 5.67. The van der Waals surface area contributed by atoms with E-state index in [2.05, 4.69) is 23.2 Å². The van der Waals surface area contributed by atoms with Crippen molar-refractivity contribution in [3.63, 3.8) is 0 Å². The van der Waals surface area contributed by atoms with Gasteiger partial charge in [-0.25, -0.2) is 4.98 Å². The lowest BCUT2D eigenvalue weighted by Crippen LogP contribution is -2.37. The lowest BCUT2D eigenvalue weighted by atomic mass is 9.86. The summed E-state index contributed by atoms with van der Waals surface area (Å²) in [5.74, 6) is 1.25. The van der Waals surface area contributed by atoms with Crippen LogP contribution in [-0.2, 0) is 17.8 Å². The van der Waals surface area contributed by atoms with Crippen LogP contribution in [0.15, 0.2) is 28.7 Å². The minimum atomic E-state index is -0.0816. The predicted octanol–water partition coefficient (Wildman–Crippen LogP) is 3.94. The lowest BCUT2D eigenvalue weighted by Gasteiger charge is -2.35. The van der Waals surface area contributed by atoms with Crippen molar-refractivity contribution in [1.82, 2.24) is 9.88 Å². The Kier molecular flexibility index (Phi) is 4.71. The number of carbonyl (C=O) groups is 1. The number of hydrogen-bond acceptors (Lipinski definition) is 3. The zero-order valence-electron chi connectivity index (χ0n) is 13.5. The van der Waals surface area contributed by atoms with Crippen LogP contribution in [0.3, 0.4) is 0 Å². The predicted molar refractivity (Wildman–Crippen MR) is 89.4 cm³/mol.